The zero-order chi connectivity index (χ0) is 8.27. The average molecular weight is 154 g/mol. The van der Waals surface area contributed by atoms with Crippen LogP contribution in [0.5, 0.6) is 0 Å². The summed E-state index contributed by atoms with van der Waals surface area (Å²) in [6.45, 7) is 7.08. The number of rotatable bonds is 5. The molecule has 0 bridgehead atoms. The summed E-state index contributed by atoms with van der Waals surface area (Å²) < 4.78 is 0. The minimum atomic E-state index is 0.974. The maximum absolute atomic E-state index is 2.43. The fraction of sp³-hybridized carbons (Fsp3) is 1.00. The molecule has 0 amide bonds. The molecule has 0 aromatic rings. The van der Waals surface area contributed by atoms with E-state index in [9.17, 15) is 0 Å². The van der Waals surface area contributed by atoms with Crippen molar-refractivity contribution in [3.8, 4) is 0 Å². The standard InChI is InChI=1S/C11H22/c1-4-6-11(9(3)5-2)10-7-8-10/h9-11H,4-8H2,1-3H3. The molecule has 1 rings (SSSR count). The minimum absolute atomic E-state index is 0.974. The van der Waals surface area contributed by atoms with Gasteiger partial charge in [-0.1, -0.05) is 40.0 Å². The maximum Gasteiger partial charge on any atom is -0.0360 e. The molecule has 1 aliphatic carbocycles. The molecule has 0 aliphatic heterocycles. The van der Waals surface area contributed by atoms with E-state index in [-0.39, 0.29) is 0 Å². The lowest BCUT2D eigenvalue weighted by Crippen LogP contribution is -2.12. The third-order valence-electron chi connectivity index (χ3n) is 3.22. The zero-order valence-electron chi connectivity index (χ0n) is 8.27. The Bertz CT molecular complexity index is 103. The highest BCUT2D eigenvalue weighted by atomic mass is 14.4. The lowest BCUT2D eigenvalue weighted by molar-refractivity contribution is 0.287. The first-order valence-corrected chi connectivity index (χ1v) is 5.29. The molecule has 2 atom stereocenters. The van der Waals surface area contributed by atoms with Crippen LogP contribution < -0.4 is 0 Å². The van der Waals surface area contributed by atoms with Crippen molar-refractivity contribution in [2.75, 3.05) is 0 Å². The van der Waals surface area contributed by atoms with Crippen molar-refractivity contribution in [1.29, 1.82) is 0 Å². The van der Waals surface area contributed by atoms with E-state index in [1.807, 2.05) is 0 Å². The predicted octanol–water partition coefficient (Wildman–Crippen LogP) is 3.86. The molecule has 66 valence electrons. The van der Waals surface area contributed by atoms with Gasteiger partial charge in [0.2, 0.25) is 0 Å². The second-order valence-electron chi connectivity index (χ2n) is 4.18. The van der Waals surface area contributed by atoms with E-state index in [2.05, 4.69) is 20.8 Å². The van der Waals surface area contributed by atoms with Crippen LogP contribution in [-0.2, 0) is 0 Å². The Kier molecular flexibility index (Phi) is 3.42. The van der Waals surface area contributed by atoms with Crippen molar-refractivity contribution < 1.29 is 0 Å². The van der Waals surface area contributed by atoms with Crippen LogP contribution >= 0.6 is 0 Å². The van der Waals surface area contributed by atoms with Crippen LogP contribution in [0.2, 0.25) is 0 Å². The van der Waals surface area contributed by atoms with E-state index >= 15 is 0 Å². The van der Waals surface area contributed by atoms with Crippen molar-refractivity contribution in [3.63, 3.8) is 0 Å². The van der Waals surface area contributed by atoms with Gasteiger partial charge < -0.3 is 0 Å². The summed E-state index contributed by atoms with van der Waals surface area (Å²) in [5.74, 6) is 3.15. The Hall–Kier alpha value is 0. The average Bonchev–Trinajstić information content (AvgIpc) is 2.81. The lowest BCUT2D eigenvalue weighted by atomic mass is 9.84. The van der Waals surface area contributed by atoms with E-state index in [1.165, 1.54) is 32.1 Å². The number of hydrogen-bond acceptors (Lipinski definition) is 0. The highest BCUT2D eigenvalue weighted by molar-refractivity contribution is 4.83. The molecule has 0 aromatic heterocycles. The van der Waals surface area contributed by atoms with Crippen molar-refractivity contribution in [2.45, 2.75) is 52.9 Å². The lowest BCUT2D eigenvalue weighted by Gasteiger charge is -2.21. The molecule has 0 nitrogen and oxygen atoms in total. The summed E-state index contributed by atoms with van der Waals surface area (Å²) in [5.41, 5.74) is 0. The quantitative estimate of drug-likeness (QED) is 0.564. The van der Waals surface area contributed by atoms with Gasteiger partial charge in [0.05, 0.1) is 0 Å². The van der Waals surface area contributed by atoms with E-state index in [0.717, 1.165) is 17.8 Å². The molecule has 1 aliphatic rings. The van der Waals surface area contributed by atoms with Crippen molar-refractivity contribution in [1.82, 2.24) is 0 Å². The van der Waals surface area contributed by atoms with Gasteiger partial charge in [-0.2, -0.15) is 0 Å². The van der Waals surface area contributed by atoms with Gasteiger partial charge in [0.15, 0.2) is 0 Å². The monoisotopic (exact) mass is 154 g/mol. The molecule has 0 heterocycles. The second kappa shape index (κ2) is 4.13. The molecule has 2 unspecified atom stereocenters. The molecule has 0 heteroatoms. The fourth-order valence-corrected chi connectivity index (χ4v) is 2.15. The third-order valence-corrected chi connectivity index (χ3v) is 3.22. The first kappa shape index (κ1) is 9.09. The smallest absolute Gasteiger partial charge is 0.0360 e. The zero-order valence-corrected chi connectivity index (χ0v) is 8.27. The topological polar surface area (TPSA) is 0 Å². The number of hydrogen-bond donors (Lipinski definition) is 0. The van der Waals surface area contributed by atoms with E-state index in [1.54, 1.807) is 0 Å². The summed E-state index contributed by atoms with van der Waals surface area (Å²) >= 11 is 0. The summed E-state index contributed by atoms with van der Waals surface area (Å²) in [6, 6.07) is 0. The van der Waals surface area contributed by atoms with Crippen molar-refractivity contribution in [2.24, 2.45) is 17.8 Å². The Balaban J connectivity index is 2.30. The summed E-state index contributed by atoms with van der Waals surface area (Å²) in [5, 5.41) is 0. The summed E-state index contributed by atoms with van der Waals surface area (Å²) in [7, 11) is 0. The Morgan fingerprint density at radius 2 is 1.91 bits per heavy atom. The van der Waals surface area contributed by atoms with Gasteiger partial charge in [0.25, 0.3) is 0 Å². The van der Waals surface area contributed by atoms with Gasteiger partial charge in [-0.3, -0.25) is 0 Å². The van der Waals surface area contributed by atoms with Crippen LogP contribution in [0.25, 0.3) is 0 Å². The Morgan fingerprint density at radius 1 is 1.27 bits per heavy atom. The minimum Gasteiger partial charge on any atom is -0.0654 e. The molecule has 0 spiro atoms. The Labute approximate surface area is 71.4 Å². The molecule has 0 radical (unpaired) electrons. The van der Waals surface area contributed by atoms with Gasteiger partial charge >= 0.3 is 0 Å². The van der Waals surface area contributed by atoms with Crippen LogP contribution in [0.15, 0.2) is 0 Å². The molecule has 1 saturated carbocycles. The van der Waals surface area contributed by atoms with E-state index in [4.69, 9.17) is 0 Å². The predicted molar refractivity (Wildman–Crippen MR) is 50.6 cm³/mol. The van der Waals surface area contributed by atoms with Crippen molar-refractivity contribution in [3.05, 3.63) is 0 Å². The van der Waals surface area contributed by atoms with Gasteiger partial charge in [-0.25, -0.2) is 0 Å². The summed E-state index contributed by atoms with van der Waals surface area (Å²) in [6.07, 6.45) is 7.27. The van der Waals surface area contributed by atoms with Crippen LogP contribution in [-0.4, -0.2) is 0 Å². The van der Waals surface area contributed by atoms with Gasteiger partial charge in [0.1, 0.15) is 0 Å². The first-order chi connectivity index (χ1) is 5.29. The maximum atomic E-state index is 2.43. The van der Waals surface area contributed by atoms with Crippen LogP contribution in [0.4, 0.5) is 0 Å². The van der Waals surface area contributed by atoms with Gasteiger partial charge in [-0.05, 0) is 30.6 Å². The van der Waals surface area contributed by atoms with Crippen molar-refractivity contribution >= 4 is 0 Å². The molecule has 0 aromatic carbocycles. The Morgan fingerprint density at radius 3 is 2.27 bits per heavy atom. The third kappa shape index (κ3) is 2.50. The largest absolute Gasteiger partial charge is 0.0654 e. The molecule has 0 N–H and O–H groups in total. The molecule has 0 saturated heterocycles. The van der Waals surface area contributed by atoms with Crippen LogP contribution in [0, 0.1) is 17.8 Å². The van der Waals surface area contributed by atoms with E-state index < -0.39 is 0 Å². The molecule has 11 heavy (non-hydrogen) atoms. The normalized spacial score (nSPS) is 23.2. The summed E-state index contributed by atoms with van der Waals surface area (Å²) in [4.78, 5) is 0. The van der Waals surface area contributed by atoms with Crippen LogP contribution in [0.3, 0.4) is 0 Å². The van der Waals surface area contributed by atoms with Gasteiger partial charge in [0, 0.05) is 0 Å². The highest BCUT2D eigenvalue weighted by Crippen LogP contribution is 2.43. The molecular weight excluding hydrogens is 132 g/mol. The second-order valence-corrected chi connectivity index (χ2v) is 4.18. The van der Waals surface area contributed by atoms with Crippen LogP contribution in [0.1, 0.15) is 52.9 Å². The fourth-order valence-electron chi connectivity index (χ4n) is 2.15. The highest BCUT2D eigenvalue weighted by Gasteiger charge is 2.32. The molecular formula is C11H22. The first-order valence-electron chi connectivity index (χ1n) is 5.29. The SMILES string of the molecule is CCCC(C(C)CC)C1CC1. The molecule has 1 fully saturated rings. The van der Waals surface area contributed by atoms with E-state index in [0.29, 0.717) is 0 Å². The van der Waals surface area contributed by atoms with Gasteiger partial charge in [-0.15, -0.1) is 0 Å².